The van der Waals surface area contributed by atoms with Crippen LogP contribution in [0.15, 0.2) is 23.4 Å². The summed E-state index contributed by atoms with van der Waals surface area (Å²) in [6.45, 7) is 6.86. The van der Waals surface area contributed by atoms with E-state index in [2.05, 4.69) is 36.3 Å². The zero-order chi connectivity index (χ0) is 20.4. The quantitative estimate of drug-likeness (QED) is 0.610. The minimum atomic E-state index is -0.222. The van der Waals surface area contributed by atoms with Crippen LogP contribution in [0.5, 0.6) is 5.75 Å². The fourth-order valence-corrected chi connectivity index (χ4v) is 5.58. The number of Topliss-reactive ketones (excluding diaryl/α,β-unsaturated/α-hetero) is 1. The highest BCUT2D eigenvalue weighted by molar-refractivity contribution is 7.99. The van der Waals surface area contributed by atoms with Crippen LogP contribution in [0.4, 0.5) is 5.69 Å². The van der Waals surface area contributed by atoms with E-state index in [1.54, 1.807) is 18.2 Å². The lowest BCUT2D eigenvalue weighted by Crippen LogP contribution is -2.32. The lowest BCUT2D eigenvalue weighted by Gasteiger charge is -2.33. The van der Waals surface area contributed by atoms with E-state index in [0.29, 0.717) is 28.1 Å². The predicted molar refractivity (Wildman–Crippen MR) is 109 cm³/mol. The van der Waals surface area contributed by atoms with E-state index in [1.807, 2.05) is 0 Å². The van der Waals surface area contributed by atoms with Crippen molar-refractivity contribution in [2.24, 2.45) is 5.41 Å². The smallest absolute Gasteiger partial charge is 0.262 e. The van der Waals surface area contributed by atoms with E-state index in [1.165, 1.54) is 11.8 Å². The summed E-state index contributed by atoms with van der Waals surface area (Å²) in [6.07, 6.45) is 2.25. The lowest BCUT2D eigenvalue weighted by molar-refractivity contribution is -0.118. The number of carbonyl (C=O) groups excluding carboxylic acids is 2. The van der Waals surface area contributed by atoms with Gasteiger partial charge in [0, 0.05) is 16.9 Å². The molecule has 1 amide bonds. The second kappa shape index (κ2) is 6.26. The molecule has 0 saturated heterocycles. The number of aromatic nitrogens is 3. The van der Waals surface area contributed by atoms with Gasteiger partial charge < -0.3 is 10.1 Å². The molecule has 1 aliphatic heterocycles. The Hall–Kier alpha value is -2.48. The van der Waals surface area contributed by atoms with Gasteiger partial charge in [-0.05, 0) is 36.5 Å². The minimum absolute atomic E-state index is 0.00457. The number of carbonyl (C=O) groups is 2. The van der Waals surface area contributed by atoms with Gasteiger partial charge in [-0.15, -0.1) is 5.10 Å². The van der Waals surface area contributed by atoms with Crippen LogP contribution in [0.3, 0.4) is 0 Å². The molecule has 8 heteroatoms. The standard InChI is InChI=1S/C21H22N4O3S/c1-20(2)12-6-7-21(20,3)18-17(12)24-25-19(23-18)29-10-14(26)11-4-5-15-13(8-11)22-16(27)9-28-15/h4-5,8,12H,6-7,9-10H2,1-3H3,(H,22,27)/t12-,21-/m1/s1. The highest BCUT2D eigenvalue weighted by Gasteiger charge is 2.61. The van der Waals surface area contributed by atoms with E-state index in [9.17, 15) is 9.59 Å². The van der Waals surface area contributed by atoms with Crippen molar-refractivity contribution < 1.29 is 14.3 Å². The maximum atomic E-state index is 12.7. The largest absolute Gasteiger partial charge is 0.482 e. The number of anilines is 1. The number of rotatable bonds is 4. The predicted octanol–water partition coefficient (Wildman–Crippen LogP) is 3.35. The highest BCUT2D eigenvalue weighted by Crippen LogP contribution is 2.66. The lowest BCUT2D eigenvalue weighted by atomic mass is 9.70. The average molecular weight is 410 g/mol. The Morgan fingerprint density at radius 1 is 1.31 bits per heavy atom. The molecule has 7 nitrogen and oxygen atoms in total. The van der Waals surface area contributed by atoms with Crippen LogP contribution in [-0.4, -0.2) is 39.2 Å². The molecule has 3 aliphatic rings. The first-order chi connectivity index (χ1) is 13.8. The molecule has 150 valence electrons. The fraction of sp³-hybridized carbons (Fsp3) is 0.476. The van der Waals surface area contributed by atoms with Gasteiger partial charge >= 0.3 is 0 Å². The number of hydrogen-bond donors (Lipinski definition) is 1. The van der Waals surface area contributed by atoms with Crippen molar-refractivity contribution in [1.82, 2.24) is 15.2 Å². The maximum absolute atomic E-state index is 12.7. The van der Waals surface area contributed by atoms with Gasteiger partial charge in [-0.1, -0.05) is 32.5 Å². The number of hydrogen-bond acceptors (Lipinski definition) is 7. The topological polar surface area (TPSA) is 94.1 Å². The summed E-state index contributed by atoms with van der Waals surface area (Å²) < 4.78 is 5.34. The molecule has 2 heterocycles. The van der Waals surface area contributed by atoms with Gasteiger partial charge in [-0.2, -0.15) is 5.10 Å². The third kappa shape index (κ3) is 2.68. The number of nitrogens with zero attached hydrogens (tertiary/aromatic N) is 3. The Kier molecular flexibility index (Phi) is 4.00. The third-order valence-electron chi connectivity index (χ3n) is 7.04. The molecule has 0 radical (unpaired) electrons. The Labute approximate surface area is 173 Å². The molecular weight excluding hydrogens is 388 g/mol. The Morgan fingerprint density at radius 3 is 2.97 bits per heavy atom. The van der Waals surface area contributed by atoms with Gasteiger partial charge in [0.05, 0.1) is 22.8 Å². The molecule has 2 bridgehead atoms. The molecule has 1 aromatic heterocycles. The summed E-state index contributed by atoms with van der Waals surface area (Å²) >= 11 is 1.30. The van der Waals surface area contributed by atoms with E-state index in [-0.39, 0.29) is 34.9 Å². The van der Waals surface area contributed by atoms with Gasteiger partial charge in [0.1, 0.15) is 5.75 Å². The molecular formula is C21H22N4O3S. The van der Waals surface area contributed by atoms with Crippen molar-refractivity contribution in [1.29, 1.82) is 0 Å². The van der Waals surface area contributed by atoms with Gasteiger partial charge in [0.2, 0.25) is 5.16 Å². The van der Waals surface area contributed by atoms with Crippen molar-refractivity contribution in [2.45, 2.75) is 50.1 Å². The van der Waals surface area contributed by atoms with Crippen molar-refractivity contribution in [3.05, 3.63) is 35.2 Å². The van der Waals surface area contributed by atoms with Crippen LogP contribution >= 0.6 is 11.8 Å². The van der Waals surface area contributed by atoms with Crippen LogP contribution in [0.1, 0.15) is 61.3 Å². The first-order valence-electron chi connectivity index (χ1n) is 9.77. The number of ether oxygens (including phenoxy) is 1. The molecule has 1 saturated carbocycles. The summed E-state index contributed by atoms with van der Waals surface area (Å²) in [7, 11) is 0. The van der Waals surface area contributed by atoms with Gasteiger partial charge in [-0.3, -0.25) is 9.59 Å². The number of fused-ring (bicyclic) bond motifs is 6. The molecule has 1 N–H and O–H groups in total. The summed E-state index contributed by atoms with van der Waals surface area (Å²) in [6, 6.07) is 5.07. The first kappa shape index (κ1) is 18.5. The monoisotopic (exact) mass is 410 g/mol. The minimum Gasteiger partial charge on any atom is -0.482 e. The Balaban J connectivity index is 1.33. The van der Waals surface area contributed by atoms with E-state index >= 15 is 0 Å². The molecule has 2 aromatic rings. The molecule has 0 spiro atoms. The second-order valence-electron chi connectivity index (χ2n) is 8.73. The first-order valence-corrected chi connectivity index (χ1v) is 10.8. The third-order valence-corrected chi connectivity index (χ3v) is 7.88. The van der Waals surface area contributed by atoms with Gasteiger partial charge in [0.25, 0.3) is 5.91 Å². The van der Waals surface area contributed by atoms with Crippen molar-refractivity contribution >= 4 is 29.1 Å². The molecule has 2 atom stereocenters. The van der Waals surface area contributed by atoms with E-state index in [4.69, 9.17) is 9.72 Å². The van der Waals surface area contributed by atoms with Crippen LogP contribution in [0, 0.1) is 5.41 Å². The van der Waals surface area contributed by atoms with E-state index in [0.717, 1.165) is 24.2 Å². The fourth-order valence-electron chi connectivity index (χ4n) is 4.89. The number of nitrogens with one attached hydrogen (secondary N) is 1. The zero-order valence-electron chi connectivity index (χ0n) is 16.6. The Bertz CT molecular complexity index is 1050. The highest BCUT2D eigenvalue weighted by atomic mass is 32.2. The van der Waals surface area contributed by atoms with Crippen molar-refractivity contribution in [3.63, 3.8) is 0 Å². The van der Waals surface area contributed by atoms with Crippen LogP contribution in [0.25, 0.3) is 0 Å². The average Bonchev–Trinajstić information content (AvgIpc) is 3.04. The summed E-state index contributed by atoms with van der Waals surface area (Å²) in [5.41, 5.74) is 3.27. The van der Waals surface area contributed by atoms with Crippen LogP contribution in [0.2, 0.25) is 0 Å². The van der Waals surface area contributed by atoms with E-state index < -0.39 is 0 Å². The SMILES string of the molecule is CC1(C)[C@@H]2CC[C@]1(C)c1nc(SCC(=O)c3ccc4c(c3)NC(=O)CO4)nnc12. The van der Waals surface area contributed by atoms with Gasteiger partial charge in [0.15, 0.2) is 12.4 Å². The van der Waals surface area contributed by atoms with Gasteiger partial charge in [-0.25, -0.2) is 4.98 Å². The van der Waals surface area contributed by atoms with Crippen LogP contribution in [-0.2, 0) is 10.2 Å². The zero-order valence-corrected chi connectivity index (χ0v) is 17.4. The van der Waals surface area contributed by atoms with Crippen LogP contribution < -0.4 is 10.1 Å². The number of amides is 1. The summed E-state index contributed by atoms with van der Waals surface area (Å²) in [5, 5.41) is 12.0. The molecule has 2 aliphatic carbocycles. The number of thioether (sulfide) groups is 1. The summed E-state index contributed by atoms with van der Waals surface area (Å²) in [5.74, 6) is 0.911. The van der Waals surface area contributed by atoms with Crippen molar-refractivity contribution in [2.75, 3.05) is 17.7 Å². The molecule has 1 fully saturated rings. The normalized spacial score (nSPS) is 25.8. The molecule has 1 aromatic carbocycles. The number of ketones is 1. The second-order valence-corrected chi connectivity index (χ2v) is 9.68. The molecule has 0 unspecified atom stereocenters. The maximum Gasteiger partial charge on any atom is 0.262 e. The molecule has 29 heavy (non-hydrogen) atoms. The van der Waals surface area contributed by atoms with Crippen molar-refractivity contribution in [3.8, 4) is 5.75 Å². The Morgan fingerprint density at radius 2 is 2.14 bits per heavy atom. The summed E-state index contributed by atoms with van der Waals surface area (Å²) in [4.78, 5) is 29.0. The number of benzene rings is 1. The molecule has 5 rings (SSSR count).